The molecule has 1 unspecified atom stereocenters. The molecule has 108 valence electrons. The second-order valence-corrected chi connectivity index (χ2v) is 7.90. The number of hydrogen-bond donors (Lipinski definition) is 1. The average Bonchev–Trinajstić information content (AvgIpc) is 2.48. The molecule has 5 nitrogen and oxygen atoms in total. The van der Waals surface area contributed by atoms with Gasteiger partial charge in [0.15, 0.2) is 0 Å². The molecule has 0 aromatic heterocycles. The standard InChI is InChI=1S/C12H27N3O2S/c1-14-7-4-5-12(11-13,6-8-14)15(2)9-10-18(3,16)17/h4-11,13H2,1-3H3. The molecule has 0 aromatic rings. The highest BCUT2D eigenvalue weighted by molar-refractivity contribution is 7.90. The first-order valence-corrected chi connectivity index (χ1v) is 8.63. The molecular weight excluding hydrogens is 250 g/mol. The SMILES string of the molecule is CN1CCCC(CN)(N(C)CCS(C)(=O)=O)CC1. The average molecular weight is 277 g/mol. The normalized spacial score (nSPS) is 27.4. The van der Waals surface area contributed by atoms with Crippen LogP contribution in [-0.4, -0.2) is 76.0 Å². The summed E-state index contributed by atoms with van der Waals surface area (Å²) in [6, 6.07) is 0. The molecule has 6 heteroatoms. The third kappa shape index (κ3) is 4.50. The molecule has 0 amide bonds. The number of sulfone groups is 1. The second kappa shape index (κ2) is 6.32. The molecule has 1 atom stereocenters. The van der Waals surface area contributed by atoms with E-state index in [0.717, 1.165) is 32.4 Å². The predicted molar refractivity (Wildman–Crippen MR) is 75.5 cm³/mol. The van der Waals surface area contributed by atoms with E-state index in [1.54, 1.807) is 0 Å². The third-order valence-corrected chi connectivity index (χ3v) is 5.05. The van der Waals surface area contributed by atoms with Crippen molar-refractivity contribution in [2.75, 3.05) is 52.3 Å². The van der Waals surface area contributed by atoms with E-state index < -0.39 is 9.84 Å². The van der Waals surface area contributed by atoms with E-state index >= 15 is 0 Å². The van der Waals surface area contributed by atoms with Crippen molar-refractivity contribution in [1.82, 2.24) is 9.80 Å². The van der Waals surface area contributed by atoms with Gasteiger partial charge in [-0.2, -0.15) is 0 Å². The van der Waals surface area contributed by atoms with Crippen molar-refractivity contribution in [1.29, 1.82) is 0 Å². The number of rotatable bonds is 5. The fourth-order valence-corrected chi connectivity index (χ4v) is 3.20. The van der Waals surface area contributed by atoms with E-state index in [1.165, 1.54) is 6.26 Å². The lowest BCUT2D eigenvalue weighted by Gasteiger charge is -2.40. The summed E-state index contributed by atoms with van der Waals surface area (Å²) >= 11 is 0. The zero-order chi connectivity index (χ0) is 13.8. The summed E-state index contributed by atoms with van der Waals surface area (Å²) in [5, 5.41) is 0. The summed E-state index contributed by atoms with van der Waals surface area (Å²) in [5.41, 5.74) is 5.95. The van der Waals surface area contributed by atoms with Crippen LogP contribution in [0.25, 0.3) is 0 Å². The van der Waals surface area contributed by atoms with Crippen LogP contribution in [0.4, 0.5) is 0 Å². The van der Waals surface area contributed by atoms with Crippen LogP contribution in [0.5, 0.6) is 0 Å². The van der Waals surface area contributed by atoms with Crippen molar-refractivity contribution in [3.05, 3.63) is 0 Å². The number of likely N-dealkylation sites (N-methyl/N-ethyl adjacent to an activating group) is 1. The maximum absolute atomic E-state index is 11.3. The minimum atomic E-state index is -2.91. The maximum Gasteiger partial charge on any atom is 0.148 e. The van der Waals surface area contributed by atoms with Gasteiger partial charge < -0.3 is 10.6 Å². The monoisotopic (exact) mass is 277 g/mol. The highest BCUT2D eigenvalue weighted by Crippen LogP contribution is 2.26. The molecule has 1 heterocycles. The summed E-state index contributed by atoms with van der Waals surface area (Å²) in [6.45, 7) is 3.29. The Labute approximate surface area is 111 Å². The number of nitrogens with two attached hydrogens (primary N) is 1. The number of nitrogens with zero attached hydrogens (tertiary/aromatic N) is 2. The Bertz CT molecular complexity index is 358. The maximum atomic E-state index is 11.3. The second-order valence-electron chi connectivity index (χ2n) is 5.64. The first-order chi connectivity index (χ1) is 8.29. The lowest BCUT2D eigenvalue weighted by Crippen LogP contribution is -2.53. The molecule has 1 rings (SSSR count). The minimum Gasteiger partial charge on any atom is -0.329 e. The van der Waals surface area contributed by atoms with E-state index in [9.17, 15) is 8.42 Å². The smallest absolute Gasteiger partial charge is 0.148 e. The largest absolute Gasteiger partial charge is 0.329 e. The molecule has 1 fully saturated rings. The van der Waals surface area contributed by atoms with Crippen LogP contribution in [-0.2, 0) is 9.84 Å². The van der Waals surface area contributed by atoms with E-state index in [2.05, 4.69) is 16.8 Å². The fourth-order valence-electron chi connectivity index (χ4n) is 2.60. The molecule has 0 radical (unpaired) electrons. The molecule has 0 aliphatic carbocycles. The van der Waals surface area contributed by atoms with Gasteiger partial charge in [0.2, 0.25) is 0 Å². The van der Waals surface area contributed by atoms with Crippen molar-refractivity contribution < 1.29 is 8.42 Å². The first-order valence-electron chi connectivity index (χ1n) is 6.57. The van der Waals surface area contributed by atoms with E-state index in [4.69, 9.17) is 5.73 Å². The van der Waals surface area contributed by atoms with Crippen molar-refractivity contribution in [2.45, 2.75) is 24.8 Å². The van der Waals surface area contributed by atoms with Crippen molar-refractivity contribution in [3.63, 3.8) is 0 Å². The molecule has 0 saturated carbocycles. The summed E-state index contributed by atoms with van der Waals surface area (Å²) in [5.74, 6) is 0.209. The van der Waals surface area contributed by atoms with Crippen LogP contribution in [0.15, 0.2) is 0 Å². The molecule has 1 aliphatic heterocycles. The molecule has 18 heavy (non-hydrogen) atoms. The first kappa shape index (κ1) is 15.9. The Morgan fingerprint density at radius 1 is 1.33 bits per heavy atom. The van der Waals surface area contributed by atoms with Gasteiger partial charge >= 0.3 is 0 Å². The van der Waals surface area contributed by atoms with Gasteiger partial charge in [0.25, 0.3) is 0 Å². The van der Waals surface area contributed by atoms with Gasteiger partial charge in [-0.25, -0.2) is 8.42 Å². The van der Waals surface area contributed by atoms with E-state index in [-0.39, 0.29) is 11.3 Å². The van der Waals surface area contributed by atoms with Crippen molar-refractivity contribution >= 4 is 9.84 Å². The summed E-state index contributed by atoms with van der Waals surface area (Å²) < 4.78 is 22.5. The molecule has 2 N–H and O–H groups in total. The van der Waals surface area contributed by atoms with Crippen LogP contribution in [0.2, 0.25) is 0 Å². The van der Waals surface area contributed by atoms with Crippen LogP contribution < -0.4 is 5.73 Å². The van der Waals surface area contributed by atoms with Crippen LogP contribution in [0, 0.1) is 0 Å². The number of hydrogen-bond acceptors (Lipinski definition) is 5. The number of likely N-dealkylation sites (tertiary alicyclic amines) is 1. The molecule has 1 saturated heterocycles. The predicted octanol–water partition coefficient (Wildman–Crippen LogP) is -0.224. The van der Waals surface area contributed by atoms with Gasteiger partial charge in [-0.05, 0) is 46.4 Å². The van der Waals surface area contributed by atoms with Gasteiger partial charge in [0.05, 0.1) is 5.75 Å². The summed E-state index contributed by atoms with van der Waals surface area (Å²) in [7, 11) is 1.23. The Morgan fingerprint density at radius 2 is 2.00 bits per heavy atom. The fraction of sp³-hybridized carbons (Fsp3) is 1.00. The minimum absolute atomic E-state index is 0.0323. The van der Waals surface area contributed by atoms with Gasteiger partial charge in [-0.15, -0.1) is 0 Å². The molecule has 0 spiro atoms. The molecule has 1 aliphatic rings. The van der Waals surface area contributed by atoms with Gasteiger partial charge in [-0.1, -0.05) is 0 Å². The lowest BCUT2D eigenvalue weighted by atomic mass is 9.89. The van der Waals surface area contributed by atoms with Crippen LogP contribution in [0.3, 0.4) is 0 Å². The van der Waals surface area contributed by atoms with E-state index in [0.29, 0.717) is 13.1 Å². The molecular formula is C12H27N3O2S. The van der Waals surface area contributed by atoms with Crippen LogP contribution >= 0.6 is 0 Å². The zero-order valence-electron chi connectivity index (χ0n) is 11.9. The lowest BCUT2D eigenvalue weighted by molar-refractivity contribution is 0.115. The summed E-state index contributed by atoms with van der Waals surface area (Å²) in [4.78, 5) is 4.48. The molecule has 0 aromatic carbocycles. The Balaban J connectivity index is 2.67. The van der Waals surface area contributed by atoms with Crippen LogP contribution in [0.1, 0.15) is 19.3 Å². The Hall–Kier alpha value is -0.170. The topological polar surface area (TPSA) is 66.6 Å². The highest BCUT2D eigenvalue weighted by atomic mass is 32.2. The van der Waals surface area contributed by atoms with Crippen molar-refractivity contribution in [3.8, 4) is 0 Å². The van der Waals surface area contributed by atoms with Gasteiger partial charge in [0, 0.05) is 24.9 Å². The third-order valence-electron chi connectivity index (χ3n) is 4.13. The highest BCUT2D eigenvalue weighted by Gasteiger charge is 2.34. The van der Waals surface area contributed by atoms with E-state index in [1.807, 2.05) is 7.05 Å². The Morgan fingerprint density at radius 3 is 2.56 bits per heavy atom. The van der Waals surface area contributed by atoms with Gasteiger partial charge in [-0.3, -0.25) is 4.90 Å². The Kier molecular flexibility index (Phi) is 5.58. The van der Waals surface area contributed by atoms with Gasteiger partial charge in [0.1, 0.15) is 9.84 Å². The quantitative estimate of drug-likeness (QED) is 0.752. The van der Waals surface area contributed by atoms with Crippen molar-refractivity contribution in [2.24, 2.45) is 5.73 Å². The zero-order valence-corrected chi connectivity index (χ0v) is 12.7. The summed E-state index contributed by atoms with van der Waals surface area (Å²) in [6.07, 6.45) is 4.47. The molecule has 0 bridgehead atoms.